The Balaban J connectivity index is 2.19. The average Bonchev–Trinajstić information content (AvgIpc) is 2.64. The van der Waals surface area contributed by atoms with Gasteiger partial charge in [-0.1, -0.05) is 0 Å². The number of nitrogens with two attached hydrogens (primary N) is 1. The Morgan fingerprint density at radius 2 is 2.33 bits per heavy atom. The minimum atomic E-state index is -0.163. The molecule has 2 N–H and O–H groups in total. The van der Waals surface area contributed by atoms with Gasteiger partial charge in [0.05, 0.1) is 11.6 Å². The number of hydrogen-bond donors (Lipinski definition) is 1. The van der Waals surface area contributed by atoms with Gasteiger partial charge in [-0.2, -0.15) is 0 Å². The summed E-state index contributed by atoms with van der Waals surface area (Å²) in [5.41, 5.74) is 7.42. The zero-order valence-electron chi connectivity index (χ0n) is 9.45. The first kappa shape index (κ1) is 11.1. The molecule has 0 saturated carbocycles. The minimum absolute atomic E-state index is 0.0176. The highest BCUT2D eigenvalue weighted by Crippen LogP contribution is 2.37. The predicted octanol–water partition coefficient (Wildman–Crippen LogP) is 3.02. The number of rotatable bonds is 2. The molecule has 0 amide bonds. The first-order valence-electron chi connectivity index (χ1n) is 5.57. The zero-order chi connectivity index (χ0) is 10.9. The molecule has 0 bridgehead atoms. The Hall–Kier alpha value is -0.380. The molecule has 3 heteroatoms. The average molecular weight is 225 g/mol. The van der Waals surface area contributed by atoms with E-state index in [4.69, 9.17) is 10.5 Å². The lowest BCUT2D eigenvalue weighted by atomic mass is 9.85. The van der Waals surface area contributed by atoms with E-state index in [9.17, 15) is 0 Å². The molecule has 2 unspecified atom stereocenters. The molecular weight excluding hydrogens is 206 g/mol. The third kappa shape index (κ3) is 2.10. The van der Waals surface area contributed by atoms with Crippen molar-refractivity contribution in [3.8, 4) is 0 Å². The van der Waals surface area contributed by atoms with Gasteiger partial charge in [-0.15, -0.1) is 11.3 Å². The van der Waals surface area contributed by atoms with E-state index in [1.54, 1.807) is 11.3 Å². The highest BCUT2D eigenvalue weighted by Gasteiger charge is 2.36. The molecule has 1 aliphatic heterocycles. The first-order valence-corrected chi connectivity index (χ1v) is 6.45. The standard InChI is InChI=1S/C12H19NOS/c1-9-10(5-8-15-9)11(13)12(2)6-3-4-7-14-12/h5,8,11H,3-4,6-7,13H2,1-2H3. The van der Waals surface area contributed by atoms with E-state index in [0.29, 0.717) is 0 Å². The smallest absolute Gasteiger partial charge is 0.0846 e. The molecule has 2 nitrogen and oxygen atoms in total. The van der Waals surface area contributed by atoms with Gasteiger partial charge in [0.2, 0.25) is 0 Å². The van der Waals surface area contributed by atoms with Gasteiger partial charge in [0.25, 0.3) is 0 Å². The van der Waals surface area contributed by atoms with Crippen LogP contribution in [0.1, 0.15) is 42.7 Å². The lowest BCUT2D eigenvalue weighted by molar-refractivity contribution is -0.0821. The van der Waals surface area contributed by atoms with Crippen LogP contribution in [0.4, 0.5) is 0 Å². The second-order valence-corrected chi connectivity index (χ2v) is 5.65. The topological polar surface area (TPSA) is 35.2 Å². The van der Waals surface area contributed by atoms with Crippen LogP contribution in [-0.4, -0.2) is 12.2 Å². The molecule has 2 heterocycles. The monoisotopic (exact) mass is 225 g/mol. The second kappa shape index (κ2) is 4.24. The summed E-state index contributed by atoms with van der Waals surface area (Å²) in [5, 5.41) is 2.11. The van der Waals surface area contributed by atoms with Crippen LogP contribution in [0.3, 0.4) is 0 Å². The molecule has 1 aliphatic rings. The highest BCUT2D eigenvalue weighted by atomic mass is 32.1. The molecule has 1 saturated heterocycles. The highest BCUT2D eigenvalue weighted by molar-refractivity contribution is 7.10. The van der Waals surface area contributed by atoms with Gasteiger partial charge in [0.15, 0.2) is 0 Å². The maximum Gasteiger partial charge on any atom is 0.0846 e. The normalized spacial score (nSPS) is 29.0. The van der Waals surface area contributed by atoms with Crippen molar-refractivity contribution in [3.63, 3.8) is 0 Å². The molecule has 0 aliphatic carbocycles. The van der Waals surface area contributed by atoms with Crippen molar-refractivity contribution < 1.29 is 4.74 Å². The number of thiophene rings is 1. The molecule has 84 valence electrons. The number of hydrogen-bond acceptors (Lipinski definition) is 3. The summed E-state index contributed by atoms with van der Waals surface area (Å²) >= 11 is 1.76. The van der Waals surface area contributed by atoms with Crippen LogP contribution in [0, 0.1) is 6.92 Å². The maximum atomic E-state index is 6.33. The van der Waals surface area contributed by atoms with Crippen LogP contribution in [0.2, 0.25) is 0 Å². The summed E-state index contributed by atoms with van der Waals surface area (Å²) in [6.45, 7) is 5.13. The van der Waals surface area contributed by atoms with Crippen molar-refractivity contribution in [2.24, 2.45) is 5.73 Å². The SMILES string of the molecule is Cc1sccc1C(N)C1(C)CCCCO1. The van der Waals surface area contributed by atoms with E-state index in [2.05, 4.69) is 25.3 Å². The predicted molar refractivity (Wildman–Crippen MR) is 64.2 cm³/mol. The third-order valence-corrected chi connectivity index (χ3v) is 4.25. The van der Waals surface area contributed by atoms with Gasteiger partial charge in [-0.25, -0.2) is 0 Å². The molecule has 15 heavy (non-hydrogen) atoms. The third-order valence-electron chi connectivity index (χ3n) is 3.39. The van der Waals surface area contributed by atoms with Crippen LogP contribution in [0.15, 0.2) is 11.4 Å². The van der Waals surface area contributed by atoms with Crippen molar-refractivity contribution in [2.75, 3.05) is 6.61 Å². The van der Waals surface area contributed by atoms with Crippen LogP contribution >= 0.6 is 11.3 Å². The van der Waals surface area contributed by atoms with E-state index < -0.39 is 0 Å². The van der Waals surface area contributed by atoms with Gasteiger partial charge in [0, 0.05) is 11.5 Å². The fourth-order valence-electron chi connectivity index (χ4n) is 2.25. The summed E-state index contributed by atoms with van der Waals surface area (Å²) in [4.78, 5) is 1.32. The fourth-order valence-corrected chi connectivity index (χ4v) is 3.00. The first-order chi connectivity index (χ1) is 7.13. The van der Waals surface area contributed by atoms with Gasteiger partial charge in [-0.3, -0.25) is 0 Å². The Morgan fingerprint density at radius 1 is 1.53 bits per heavy atom. The van der Waals surface area contributed by atoms with Gasteiger partial charge < -0.3 is 10.5 Å². The number of aryl methyl sites for hydroxylation is 1. The van der Waals surface area contributed by atoms with Crippen molar-refractivity contribution in [1.29, 1.82) is 0 Å². The molecule has 2 rings (SSSR count). The molecule has 1 fully saturated rings. The molecule has 0 spiro atoms. The molecule has 1 aromatic heterocycles. The lowest BCUT2D eigenvalue weighted by Crippen LogP contribution is -2.43. The summed E-state index contributed by atoms with van der Waals surface area (Å²) in [6.07, 6.45) is 3.47. The Kier molecular flexibility index (Phi) is 3.14. The largest absolute Gasteiger partial charge is 0.373 e. The molecule has 0 aromatic carbocycles. The van der Waals surface area contributed by atoms with Crippen LogP contribution in [0.5, 0.6) is 0 Å². The number of ether oxygens (including phenoxy) is 1. The fraction of sp³-hybridized carbons (Fsp3) is 0.667. The van der Waals surface area contributed by atoms with Crippen molar-refractivity contribution in [3.05, 3.63) is 21.9 Å². The Bertz CT molecular complexity index is 328. The van der Waals surface area contributed by atoms with Crippen molar-refractivity contribution in [2.45, 2.75) is 44.8 Å². The Morgan fingerprint density at radius 3 is 2.87 bits per heavy atom. The van der Waals surface area contributed by atoms with Crippen LogP contribution in [0.25, 0.3) is 0 Å². The summed E-state index contributed by atoms with van der Waals surface area (Å²) < 4.78 is 5.89. The molecule has 0 radical (unpaired) electrons. The lowest BCUT2D eigenvalue weighted by Gasteiger charge is -2.38. The molecule has 1 aromatic rings. The van der Waals surface area contributed by atoms with Crippen molar-refractivity contribution >= 4 is 11.3 Å². The van der Waals surface area contributed by atoms with E-state index in [1.165, 1.54) is 23.3 Å². The van der Waals surface area contributed by atoms with E-state index in [0.717, 1.165) is 13.0 Å². The van der Waals surface area contributed by atoms with E-state index in [-0.39, 0.29) is 11.6 Å². The quantitative estimate of drug-likeness (QED) is 0.839. The molecule has 2 atom stereocenters. The van der Waals surface area contributed by atoms with Crippen LogP contribution in [-0.2, 0) is 4.74 Å². The zero-order valence-corrected chi connectivity index (χ0v) is 10.3. The molecular formula is C12H19NOS. The van der Waals surface area contributed by atoms with Crippen LogP contribution < -0.4 is 5.73 Å². The van der Waals surface area contributed by atoms with Crippen molar-refractivity contribution in [1.82, 2.24) is 0 Å². The second-order valence-electron chi connectivity index (χ2n) is 4.53. The summed E-state index contributed by atoms with van der Waals surface area (Å²) in [7, 11) is 0. The maximum absolute atomic E-state index is 6.33. The summed E-state index contributed by atoms with van der Waals surface area (Å²) in [5.74, 6) is 0. The van der Waals surface area contributed by atoms with Gasteiger partial charge in [0.1, 0.15) is 0 Å². The minimum Gasteiger partial charge on any atom is -0.373 e. The van der Waals surface area contributed by atoms with E-state index in [1.807, 2.05) is 0 Å². The van der Waals surface area contributed by atoms with Gasteiger partial charge in [-0.05, 0) is 50.1 Å². The van der Waals surface area contributed by atoms with E-state index >= 15 is 0 Å². The van der Waals surface area contributed by atoms with Gasteiger partial charge >= 0.3 is 0 Å². The Labute approximate surface area is 95.4 Å². The summed E-state index contributed by atoms with van der Waals surface area (Å²) in [6, 6.07) is 2.15.